The molecule has 1 aromatic heterocycles. The molecule has 0 unspecified atom stereocenters. The first-order valence-electron chi connectivity index (χ1n) is 11.2. The molecule has 0 spiro atoms. The molecule has 36 heavy (non-hydrogen) atoms. The minimum Gasteiger partial charge on any atom is -0.476 e. The lowest BCUT2D eigenvalue weighted by Crippen LogP contribution is -2.46. The van der Waals surface area contributed by atoms with E-state index in [4.69, 9.17) is 10.00 Å². The fourth-order valence-electron chi connectivity index (χ4n) is 4.03. The fraction of sp³-hybridized carbons (Fsp3) is 0.280. The highest BCUT2D eigenvalue weighted by molar-refractivity contribution is 6.03. The molecule has 1 saturated heterocycles. The molecular weight excluding hydrogens is 470 g/mol. The fourth-order valence-corrected chi connectivity index (χ4v) is 4.03. The smallest absolute Gasteiger partial charge is 0.291 e. The van der Waals surface area contributed by atoms with Gasteiger partial charge in [-0.2, -0.15) is 9.65 Å². The number of aromatic nitrogens is 2. The zero-order valence-electron chi connectivity index (χ0n) is 19.8. The number of anilines is 1. The van der Waals surface area contributed by atoms with Crippen molar-refractivity contribution in [2.45, 2.75) is 6.92 Å². The Kier molecular flexibility index (Phi) is 7.26. The summed E-state index contributed by atoms with van der Waals surface area (Å²) in [6, 6.07) is 9.21. The van der Waals surface area contributed by atoms with Gasteiger partial charge in [-0.1, -0.05) is 0 Å². The number of nitriles is 1. The number of piperazine rings is 1. The van der Waals surface area contributed by atoms with Crippen LogP contribution in [0.2, 0.25) is 0 Å². The number of ether oxygens (including phenoxy) is 1. The molecule has 3 aromatic rings. The Morgan fingerprint density at radius 3 is 2.64 bits per heavy atom. The Hall–Kier alpha value is -4.30. The first kappa shape index (κ1) is 24.8. The minimum absolute atomic E-state index is 0.0202. The third kappa shape index (κ3) is 4.89. The van der Waals surface area contributed by atoms with Crippen LogP contribution in [-0.2, 0) is 7.05 Å². The maximum Gasteiger partial charge on any atom is 0.291 e. The first-order valence-corrected chi connectivity index (χ1v) is 11.2. The number of imidazole rings is 1. The van der Waals surface area contributed by atoms with E-state index in [-0.39, 0.29) is 28.7 Å². The lowest BCUT2D eigenvalue weighted by Gasteiger charge is -2.28. The highest BCUT2D eigenvalue weighted by Gasteiger charge is 2.23. The molecule has 0 saturated carbocycles. The van der Waals surface area contributed by atoms with Gasteiger partial charge in [0.15, 0.2) is 24.0 Å². The van der Waals surface area contributed by atoms with Gasteiger partial charge < -0.3 is 24.8 Å². The van der Waals surface area contributed by atoms with Gasteiger partial charge in [-0.05, 0) is 42.8 Å². The Bertz CT molecular complexity index is 1360. The highest BCUT2D eigenvalue weighted by atomic mass is 19.2. The third-order valence-corrected chi connectivity index (χ3v) is 5.93. The molecule has 0 radical (unpaired) electrons. The second kappa shape index (κ2) is 10.5. The van der Waals surface area contributed by atoms with Gasteiger partial charge >= 0.3 is 0 Å². The number of carbonyl (C=O) groups is 2. The van der Waals surface area contributed by atoms with Gasteiger partial charge in [-0.15, -0.1) is 0 Å². The lowest BCUT2D eigenvalue weighted by atomic mass is 10.1. The molecule has 2 heterocycles. The van der Waals surface area contributed by atoms with Crippen LogP contribution < -0.4 is 15.4 Å². The van der Waals surface area contributed by atoms with Crippen molar-refractivity contribution in [1.29, 1.82) is 5.26 Å². The van der Waals surface area contributed by atoms with E-state index in [0.29, 0.717) is 29.9 Å². The monoisotopic (exact) mass is 494 g/mol. The summed E-state index contributed by atoms with van der Waals surface area (Å²) < 4.78 is 35.3. The van der Waals surface area contributed by atoms with Gasteiger partial charge in [0.1, 0.15) is 6.07 Å². The predicted molar refractivity (Wildman–Crippen MR) is 128 cm³/mol. The summed E-state index contributed by atoms with van der Waals surface area (Å²) in [6.45, 7) is 4.15. The van der Waals surface area contributed by atoms with Gasteiger partial charge in [0.05, 0.1) is 11.9 Å². The topological polar surface area (TPSA) is 112 Å². The van der Waals surface area contributed by atoms with Gasteiger partial charge in [-0.3, -0.25) is 9.59 Å². The average molecular weight is 495 g/mol. The second-order valence-electron chi connectivity index (χ2n) is 8.24. The van der Waals surface area contributed by atoms with Crippen molar-refractivity contribution in [3.8, 4) is 23.1 Å². The van der Waals surface area contributed by atoms with Crippen LogP contribution in [0.5, 0.6) is 5.75 Å². The number of nitrogens with one attached hydrogen (secondary N) is 2. The maximum absolute atomic E-state index is 14.7. The second-order valence-corrected chi connectivity index (χ2v) is 8.24. The van der Waals surface area contributed by atoms with Crippen LogP contribution in [0.4, 0.5) is 14.5 Å². The van der Waals surface area contributed by atoms with Crippen LogP contribution in [0.1, 0.15) is 26.5 Å². The van der Waals surface area contributed by atoms with Crippen molar-refractivity contribution in [2.75, 3.05) is 38.1 Å². The van der Waals surface area contributed by atoms with Crippen molar-refractivity contribution in [3.63, 3.8) is 0 Å². The van der Waals surface area contributed by atoms with E-state index in [1.54, 1.807) is 36.1 Å². The molecule has 1 aliphatic heterocycles. The number of halogens is 2. The standard InChI is InChI=1S/C25H24F2N6O3/c1-15-13-16(3-4-17(15)25(35)33-10-8-29-9-11-33)31-24(34)23-30-14-19(32(23)2)18-5-6-20(36-12-7-28)22(27)21(18)26/h3-6,13-14,29H,8-12H2,1-2H3,(H,31,34). The first-order chi connectivity index (χ1) is 17.3. The molecule has 0 atom stereocenters. The molecule has 1 fully saturated rings. The van der Waals surface area contributed by atoms with Crippen molar-refractivity contribution in [2.24, 2.45) is 7.05 Å². The van der Waals surface area contributed by atoms with Crippen LogP contribution in [-0.4, -0.2) is 59.1 Å². The summed E-state index contributed by atoms with van der Waals surface area (Å²) >= 11 is 0. The number of carbonyl (C=O) groups excluding carboxylic acids is 2. The summed E-state index contributed by atoms with van der Waals surface area (Å²) in [4.78, 5) is 31.6. The maximum atomic E-state index is 14.7. The molecule has 0 bridgehead atoms. The number of benzene rings is 2. The summed E-state index contributed by atoms with van der Waals surface area (Å²) in [5.74, 6) is -3.43. The molecule has 11 heteroatoms. The van der Waals surface area contributed by atoms with Crippen LogP contribution in [0.3, 0.4) is 0 Å². The number of nitrogens with zero attached hydrogens (tertiary/aromatic N) is 4. The number of aryl methyl sites for hydroxylation is 1. The molecule has 186 valence electrons. The molecule has 2 N–H and O–H groups in total. The van der Waals surface area contributed by atoms with Crippen LogP contribution in [0, 0.1) is 29.9 Å². The van der Waals surface area contributed by atoms with E-state index < -0.39 is 24.1 Å². The predicted octanol–water partition coefficient (Wildman–Crippen LogP) is 2.87. The van der Waals surface area contributed by atoms with Gasteiger partial charge in [0.25, 0.3) is 11.8 Å². The van der Waals surface area contributed by atoms with E-state index >= 15 is 0 Å². The van der Waals surface area contributed by atoms with Crippen molar-refractivity contribution < 1.29 is 23.1 Å². The Morgan fingerprint density at radius 1 is 1.19 bits per heavy atom. The molecular formula is C25H24F2N6O3. The Morgan fingerprint density at radius 2 is 1.94 bits per heavy atom. The quantitative estimate of drug-likeness (QED) is 0.545. The van der Waals surface area contributed by atoms with Gasteiger partial charge in [0.2, 0.25) is 5.82 Å². The number of amides is 2. The van der Waals surface area contributed by atoms with E-state index in [0.717, 1.165) is 13.1 Å². The van der Waals surface area contributed by atoms with E-state index in [9.17, 15) is 18.4 Å². The molecule has 2 aromatic carbocycles. The number of hydrogen-bond acceptors (Lipinski definition) is 6. The van der Waals surface area contributed by atoms with E-state index in [2.05, 4.69) is 15.6 Å². The Balaban J connectivity index is 1.51. The van der Waals surface area contributed by atoms with Crippen LogP contribution in [0.25, 0.3) is 11.3 Å². The number of rotatable bonds is 6. The normalized spacial score (nSPS) is 13.2. The van der Waals surface area contributed by atoms with E-state index in [1.807, 2.05) is 0 Å². The minimum atomic E-state index is -1.24. The zero-order chi connectivity index (χ0) is 25.8. The SMILES string of the molecule is Cc1cc(NC(=O)c2ncc(-c3ccc(OCC#N)c(F)c3F)n2C)ccc1C(=O)N1CCNCC1. The summed E-state index contributed by atoms with van der Waals surface area (Å²) in [5, 5.41) is 14.5. The number of hydrogen-bond donors (Lipinski definition) is 2. The summed E-state index contributed by atoms with van der Waals surface area (Å²) in [5.41, 5.74) is 1.81. The van der Waals surface area contributed by atoms with Gasteiger partial charge in [-0.25, -0.2) is 9.37 Å². The van der Waals surface area contributed by atoms with Crippen LogP contribution in [0.15, 0.2) is 36.5 Å². The third-order valence-electron chi connectivity index (χ3n) is 5.93. The van der Waals surface area contributed by atoms with Crippen molar-refractivity contribution >= 4 is 17.5 Å². The average Bonchev–Trinajstić information content (AvgIpc) is 3.26. The highest BCUT2D eigenvalue weighted by Crippen LogP contribution is 2.30. The molecule has 0 aliphatic carbocycles. The summed E-state index contributed by atoms with van der Waals surface area (Å²) in [7, 11) is 1.51. The van der Waals surface area contributed by atoms with Crippen molar-refractivity contribution in [1.82, 2.24) is 19.8 Å². The molecule has 2 amide bonds. The van der Waals surface area contributed by atoms with Crippen LogP contribution >= 0.6 is 0 Å². The molecule has 4 rings (SSSR count). The largest absolute Gasteiger partial charge is 0.476 e. The van der Waals surface area contributed by atoms with Gasteiger partial charge in [0, 0.05) is 50.0 Å². The molecule has 9 nitrogen and oxygen atoms in total. The zero-order valence-corrected chi connectivity index (χ0v) is 19.8. The van der Waals surface area contributed by atoms with E-state index in [1.165, 1.54) is 29.9 Å². The van der Waals surface area contributed by atoms with Crippen molar-refractivity contribution in [3.05, 3.63) is 65.1 Å². The molecule has 1 aliphatic rings. The lowest BCUT2D eigenvalue weighted by molar-refractivity contribution is 0.0735. The summed E-state index contributed by atoms with van der Waals surface area (Å²) in [6.07, 6.45) is 1.27. The Labute approximate surface area is 206 Å².